The standard InChI is InChI=1S/C21H17ClFN5O3/c1-10-2-5-13(8-15(10)22)24-19(30)14-9-16(29)26-18-17(14)20(31)28-21(27-18)25-12-6-3-11(23)4-7-12/h2-8,14H,9H2,1H3,(H,24,30)(H3,25,26,27,28,29,31)/t14-/m1/s1. The van der Waals surface area contributed by atoms with Crippen molar-refractivity contribution in [3.05, 3.63) is 74.8 Å². The summed E-state index contributed by atoms with van der Waals surface area (Å²) >= 11 is 6.10. The molecular formula is C21H17ClFN5O3. The van der Waals surface area contributed by atoms with Gasteiger partial charge in [-0.3, -0.25) is 19.4 Å². The van der Waals surface area contributed by atoms with E-state index in [-0.39, 0.29) is 23.8 Å². The smallest absolute Gasteiger partial charge is 0.258 e. The van der Waals surface area contributed by atoms with Crippen molar-refractivity contribution >= 4 is 46.6 Å². The molecule has 1 atom stereocenters. The zero-order valence-electron chi connectivity index (χ0n) is 16.3. The highest BCUT2D eigenvalue weighted by Crippen LogP contribution is 2.30. The van der Waals surface area contributed by atoms with Crippen molar-refractivity contribution in [1.82, 2.24) is 9.97 Å². The van der Waals surface area contributed by atoms with E-state index in [1.165, 1.54) is 24.3 Å². The molecule has 3 aromatic rings. The van der Waals surface area contributed by atoms with Crippen LogP contribution in [-0.2, 0) is 9.59 Å². The van der Waals surface area contributed by atoms with Crippen molar-refractivity contribution in [2.24, 2.45) is 0 Å². The van der Waals surface area contributed by atoms with Gasteiger partial charge in [-0.1, -0.05) is 17.7 Å². The van der Waals surface area contributed by atoms with E-state index in [9.17, 15) is 18.8 Å². The third kappa shape index (κ3) is 4.41. The summed E-state index contributed by atoms with van der Waals surface area (Å²) in [4.78, 5) is 44.6. The Morgan fingerprint density at radius 3 is 2.58 bits per heavy atom. The summed E-state index contributed by atoms with van der Waals surface area (Å²) in [6.45, 7) is 1.83. The minimum atomic E-state index is -1.03. The van der Waals surface area contributed by atoms with E-state index in [4.69, 9.17) is 11.6 Å². The summed E-state index contributed by atoms with van der Waals surface area (Å²) in [6.07, 6.45) is -0.200. The Balaban J connectivity index is 1.63. The van der Waals surface area contributed by atoms with E-state index in [2.05, 4.69) is 25.9 Å². The van der Waals surface area contributed by atoms with Crippen LogP contribution >= 0.6 is 11.6 Å². The summed E-state index contributed by atoms with van der Waals surface area (Å²) in [5.74, 6) is -2.37. The van der Waals surface area contributed by atoms with Gasteiger partial charge in [0.25, 0.3) is 5.56 Å². The topological polar surface area (TPSA) is 116 Å². The van der Waals surface area contributed by atoms with Crippen LogP contribution in [0.5, 0.6) is 0 Å². The highest BCUT2D eigenvalue weighted by Gasteiger charge is 2.34. The van der Waals surface area contributed by atoms with E-state index >= 15 is 0 Å². The second-order valence-electron chi connectivity index (χ2n) is 7.07. The average molecular weight is 442 g/mol. The molecule has 31 heavy (non-hydrogen) atoms. The van der Waals surface area contributed by atoms with Crippen LogP contribution in [0.2, 0.25) is 5.02 Å². The monoisotopic (exact) mass is 441 g/mol. The number of aryl methyl sites for hydroxylation is 1. The second-order valence-corrected chi connectivity index (χ2v) is 7.47. The SMILES string of the molecule is Cc1ccc(NC(=O)[C@@H]2CC(=O)Nc3nc(Nc4ccc(F)cc4)[nH]c(=O)c32)cc1Cl. The number of nitrogens with zero attached hydrogens (tertiary/aromatic N) is 1. The predicted molar refractivity (Wildman–Crippen MR) is 115 cm³/mol. The van der Waals surface area contributed by atoms with E-state index < -0.39 is 29.1 Å². The third-order valence-corrected chi connectivity index (χ3v) is 5.22. The summed E-state index contributed by atoms with van der Waals surface area (Å²) in [6, 6.07) is 10.5. The Labute approximate surface area is 180 Å². The summed E-state index contributed by atoms with van der Waals surface area (Å²) in [5.41, 5.74) is 1.27. The molecule has 10 heteroatoms. The fraction of sp³-hybridized carbons (Fsp3) is 0.143. The number of carbonyl (C=O) groups is 2. The van der Waals surface area contributed by atoms with Crippen molar-refractivity contribution in [3.8, 4) is 0 Å². The van der Waals surface area contributed by atoms with Crippen molar-refractivity contribution < 1.29 is 14.0 Å². The maximum atomic E-state index is 13.1. The van der Waals surface area contributed by atoms with Crippen LogP contribution in [0.3, 0.4) is 0 Å². The van der Waals surface area contributed by atoms with Gasteiger partial charge in [0.15, 0.2) is 0 Å². The zero-order valence-corrected chi connectivity index (χ0v) is 17.0. The molecule has 0 fully saturated rings. The van der Waals surface area contributed by atoms with Gasteiger partial charge < -0.3 is 16.0 Å². The Hall–Kier alpha value is -3.72. The Bertz CT molecular complexity index is 1240. The number of fused-ring (bicyclic) bond motifs is 1. The number of rotatable bonds is 4. The summed E-state index contributed by atoms with van der Waals surface area (Å²) in [7, 11) is 0. The highest BCUT2D eigenvalue weighted by atomic mass is 35.5. The fourth-order valence-electron chi connectivity index (χ4n) is 3.22. The van der Waals surface area contributed by atoms with Crippen LogP contribution in [0.4, 0.5) is 27.5 Å². The molecule has 0 unspecified atom stereocenters. The number of anilines is 4. The van der Waals surface area contributed by atoms with Crippen molar-refractivity contribution in [2.45, 2.75) is 19.3 Å². The van der Waals surface area contributed by atoms with Gasteiger partial charge in [-0.05, 0) is 48.9 Å². The molecule has 4 N–H and O–H groups in total. The van der Waals surface area contributed by atoms with Gasteiger partial charge in [0.2, 0.25) is 17.8 Å². The lowest BCUT2D eigenvalue weighted by atomic mass is 9.92. The van der Waals surface area contributed by atoms with Gasteiger partial charge in [-0.25, -0.2) is 4.39 Å². The quantitative estimate of drug-likeness (QED) is 0.493. The minimum Gasteiger partial charge on any atom is -0.326 e. The predicted octanol–water partition coefficient (Wildman–Crippen LogP) is 3.68. The molecule has 2 amide bonds. The Morgan fingerprint density at radius 1 is 1.16 bits per heavy atom. The number of nitrogens with one attached hydrogen (secondary N) is 4. The van der Waals surface area contributed by atoms with Gasteiger partial charge in [0.05, 0.1) is 11.5 Å². The molecule has 1 aliphatic heterocycles. The van der Waals surface area contributed by atoms with Crippen molar-refractivity contribution in [1.29, 1.82) is 0 Å². The molecule has 4 rings (SSSR count). The molecule has 1 aliphatic rings. The first kappa shape index (κ1) is 20.5. The zero-order chi connectivity index (χ0) is 22.1. The number of aromatic nitrogens is 2. The van der Waals surface area contributed by atoms with E-state index in [1.54, 1.807) is 18.2 Å². The molecule has 0 saturated carbocycles. The first-order chi connectivity index (χ1) is 14.8. The number of hydrogen-bond acceptors (Lipinski definition) is 5. The van der Waals surface area contributed by atoms with Gasteiger partial charge in [-0.15, -0.1) is 0 Å². The van der Waals surface area contributed by atoms with Gasteiger partial charge in [-0.2, -0.15) is 4.98 Å². The van der Waals surface area contributed by atoms with Gasteiger partial charge in [0, 0.05) is 22.8 Å². The molecular weight excluding hydrogens is 425 g/mol. The lowest BCUT2D eigenvalue weighted by Crippen LogP contribution is -2.36. The maximum Gasteiger partial charge on any atom is 0.258 e. The van der Waals surface area contributed by atoms with Crippen molar-refractivity contribution in [2.75, 3.05) is 16.0 Å². The number of benzene rings is 2. The van der Waals surface area contributed by atoms with Crippen LogP contribution in [0.1, 0.15) is 23.5 Å². The maximum absolute atomic E-state index is 13.1. The van der Waals surface area contributed by atoms with Crippen LogP contribution in [-0.4, -0.2) is 21.8 Å². The molecule has 158 valence electrons. The molecule has 0 bridgehead atoms. The number of H-pyrrole nitrogens is 1. The molecule has 1 aromatic heterocycles. The minimum absolute atomic E-state index is 0.00768. The third-order valence-electron chi connectivity index (χ3n) is 4.81. The number of halogens is 2. The largest absolute Gasteiger partial charge is 0.326 e. The van der Waals surface area contributed by atoms with E-state index in [0.717, 1.165) is 5.56 Å². The van der Waals surface area contributed by atoms with Crippen LogP contribution in [0.25, 0.3) is 0 Å². The number of hydrogen-bond donors (Lipinski definition) is 4. The molecule has 0 radical (unpaired) electrons. The van der Waals surface area contributed by atoms with Gasteiger partial charge >= 0.3 is 0 Å². The molecule has 0 spiro atoms. The van der Waals surface area contributed by atoms with Gasteiger partial charge in [0.1, 0.15) is 11.6 Å². The summed E-state index contributed by atoms with van der Waals surface area (Å²) in [5, 5.41) is 8.54. The number of carbonyl (C=O) groups excluding carboxylic acids is 2. The first-order valence-corrected chi connectivity index (χ1v) is 9.71. The Kier molecular flexibility index (Phi) is 5.43. The van der Waals surface area contributed by atoms with Crippen molar-refractivity contribution in [3.63, 3.8) is 0 Å². The Morgan fingerprint density at radius 2 is 1.87 bits per heavy atom. The molecule has 2 aromatic carbocycles. The molecule has 8 nitrogen and oxygen atoms in total. The molecule has 2 heterocycles. The van der Waals surface area contributed by atoms with Crippen LogP contribution in [0, 0.1) is 12.7 Å². The normalized spacial score (nSPS) is 15.1. The first-order valence-electron chi connectivity index (χ1n) is 9.34. The van der Waals surface area contributed by atoms with Crippen LogP contribution in [0.15, 0.2) is 47.3 Å². The van der Waals surface area contributed by atoms with Crippen LogP contribution < -0.4 is 21.5 Å². The average Bonchev–Trinajstić information content (AvgIpc) is 2.71. The number of aromatic amines is 1. The fourth-order valence-corrected chi connectivity index (χ4v) is 3.40. The molecule has 0 aliphatic carbocycles. The molecule has 0 saturated heterocycles. The summed E-state index contributed by atoms with van der Waals surface area (Å²) < 4.78 is 13.1. The second kappa shape index (κ2) is 8.19. The van der Waals surface area contributed by atoms with E-state index in [1.807, 2.05) is 6.92 Å². The lowest BCUT2D eigenvalue weighted by Gasteiger charge is -2.23. The number of amides is 2. The highest BCUT2D eigenvalue weighted by molar-refractivity contribution is 6.31. The lowest BCUT2D eigenvalue weighted by molar-refractivity contribution is -0.123. The van der Waals surface area contributed by atoms with E-state index in [0.29, 0.717) is 16.4 Å².